The van der Waals surface area contributed by atoms with Gasteiger partial charge >= 0.3 is 0 Å². The van der Waals surface area contributed by atoms with Crippen LogP contribution in [-0.4, -0.2) is 36.5 Å². The molecule has 1 aromatic carbocycles. The average Bonchev–Trinajstić information content (AvgIpc) is 2.43. The fraction of sp³-hybridized carbons (Fsp3) is 0.471. The molecule has 0 saturated heterocycles. The number of carbonyl (C=O) groups is 1. The summed E-state index contributed by atoms with van der Waals surface area (Å²) in [6.45, 7) is 9.97. The van der Waals surface area contributed by atoms with Gasteiger partial charge < -0.3 is 5.32 Å². The van der Waals surface area contributed by atoms with Crippen LogP contribution >= 0.6 is 0 Å². The lowest BCUT2D eigenvalue weighted by Gasteiger charge is -2.35. The molecule has 0 radical (unpaired) electrons. The Labute approximate surface area is 122 Å². The molecule has 0 bridgehead atoms. The monoisotopic (exact) mass is 274 g/mol. The zero-order valence-electron chi connectivity index (χ0n) is 13.2. The Hall–Kier alpha value is -1.61. The van der Waals surface area contributed by atoms with E-state index in [1.54, 1.807) is 0 Å². The molecule has 0 spiro atoms. The van der Waals surface area contributed by atoms with Crippen molar-refractivity contribution in [3.8, 4) is 0 Å². The maximum absolute atomic E-state index is 12.0. The highest BCUT2D eigenvalue weighted by Crippen LogP contribution is 2.11. The van der Waals surface area contributed by atoms with Crippen molar-refractivity contribution in [2.75, 3.05) is 20.1 Å². The normalized spacial score (nSPS) is 11.3. The Bertz CT molecular complexity index is 459. The SMILES string of the molecule is CC(C)=CCN(C)C(C)(C)CNC(=O)c1ccccc1. The molecular weight excluding hydrogens is 248 g/mol. The molecule has 0 atom stereocenters. The van der Waals surface area contributed by atoms with Gasteiger partial charge in [-0.15, -0.1) is 0 Å². The van der Waals surface area contributed by atoms with Crippen LogP contribution in [0.25, 0.3) is 0 Å². The number of hydrogen-bond donors (Lipinski definition) is 1. The summed E-state index contributed by atoms with van der Waals surface area (Å²) in [5.41, 5.74) is 1.92. The van der Waals surface area contributed by atoms with Crippen LogP contribution in [0.2, 0.25) is 0 Å². The van der Waals surface area contributed by atoms with Crippen LogP contribution in [0.15, 0.2) is 42.0 Å². The molecule has 1 aromatic rings. The van der Waals surface area contributed by atoms with Gasteiger partial charge in [-0.3, -0.25) is 9.69 Å². The third-order valence-electron chi connectivity index (χ3n) is 3.52. The minimum atomic E-state index is -0.0869. The maximum Gasteiger partial charge on any atom is 0.251 e. The van der Waals surface area contributed by atoms with Gasteiger partial charge in [-0.2, -0.15) is 0 Å². The quantitative estimate of drug-likeness (QED) is 0.808. The Balaban J connectivity index is 2.54. The first kappa shape index (κ1) is 16.4. The van der Waals surface area contributed by atoms with Gasteiger partial charge in [0.05, 0.1) is 0 Å². The standard InChI is InChI=1S/C17H26N2O/c1-14(2)11-12-19(5)17(3,4)13-18-16(20)15-9-7-6-8-10-15/h6-11H,12-13H2,1-5H3,(H,18,20). The van der Waals surface area contributed by atoms with E-state index in [2.05, 4.69) is 51.0 Å². The molecule has 0 aliphatic rings. The summed E-state index contributed by atoms with van der Waals surface area (Å²) < 4.78 is 0. The highest BCUT2D eigenvalue weighted by Gasteiger charge is 2.23. The number of rotatable bonds is 6. The number of allylic oxidation sites excluding steroid dienone is 1. The molecule has 0 aliphatic heterocycles. The van der Waals surface area contributed by atoms with Gasteiger partial charge in [0, 0.05) is 24.2 Å². The van der Waals surface area contributed by atoms with Gasteiger partial charge in [-0.25, -0.2) is 0 Å². The van der Waals surface area contributed by atoms with E-state index in [1.807, 2.05) is 30.3 Å². The molecule has 20 heavy (non-hydrogen) atoms. The molecule has 0 unspecified atom stereocenters. The topological polar surface area (TPSA) is 32.3 Å². The van der Waals surface area contributed by atoms with Gasteiger partial charge in [0.15, 0.2) is 0 Å². The second-order valence-electron chi connectivity index (χ2n) is 6.02. The molecule has 3 heteroatoms. The first-order chi connectivity index (χ1) is 9.33. The second-order valence-corrected chi connectivity index (χ2v) is 6.02. The van der Waals surface area contributed by atoms with E-state index in [0.29, 0.717) is 12.1 Å². The molecule has 0 aromatic heterocycles. The van der Waals surface area contributed by atoms with Crippen molar-refractivity contribution < 1.29 is 4.79 Å². The summed E-state index contributed by atoms with van der Waals surface area (Å²) >= 11 is 0. The van der Waals surface area contributed by atoms with Crippen LogP contribution < -0.4 is 5.32 Å². The summed E-state index contributed by atoms with van der Waals surface area (Å²) in [5.74, 6) is -0.0192. The van der Waals surface area contributed by atoms with E-state index < -0.39 is 0 Å². The predicted molar refractivity (Wildman–Crippen MR) is 84.9 cm³/mol. The van der Waals surface area contributed by atoms with Crippen molar-refractivity contribution >= 4 is 5.91 Å². The second kappa shape index (κ2) is 7.25. The number of carbonyl (C=O) groups excluding carboxylic acids is 1. The van der Waals surface area contributed by atoms with E-state index in [1.165, 1.54) is 5.57 Å². The number of nitrogens with one attached hydrogen (secondary N) is 1. The van der Waals surface area contributed by atoms with Crippen molar-refractivity contribution in [2.24, 2.45) is 0 Å². The molecule has 0 saturated carbocycles. The molecule has 110 valence electrons. The van der Waals surface area contributed by atoms with Gasteiger partial charge in [0.1, 0.15) is 0 Å². The van der Waals surface area contributed by atoms with Crippen molar-refractivity contribution in [3.05, 3.63) is 47.5 Å². The van der Waals surface area contributed by atoms with E-state index in [0.717, 1.165) is 6.54 Å². The van der Waals surface area contributed by atoms with Crippen LogP contribution in [0, 0.1) is 0 Å². The van der Waals surface area contributed by atoms with Crippen molar-refractivity contribution in [2.45, 2.75) is 33.2 Å². The number of amides is 1. The largest absolute Gasteiger partial charge is 0.350 e. The Kier molecular flexibility index (Phi) is 5.96. The van der Waals surface area contributed by atoms with Crippen LogP contribution in [0.1, 0.15) is 38.1 Å². The third-order valence-corrected chi connectivity index (χ3v) is 3.52. The van der Waals surface area contributed by atoms with Crippen LogP contribution in [-0.2, 0) is 0 Å². The molecule has 1 rings (SSSR count). The zero-order chi connectivity index (χ0) is 15.2. The summed E-state index contributed by atoms with van der Waals surface area (Å²) in [6, 6.07) is 9.32. The van der Waals surface area contributed by atoms with Crippen LogP contribution in [0.3, 0.4) is 0 Å². The van der Waals surface area contributed by atoms with Gasteiger partial charge in [0.2, 0.25) is 0 Å². The first-order valence-corrected chi connectivity index (χ1v) is 7.01. The lowest BCUT2D eigenvalue weighted by atomic mass is 10.0. The Morgan fingerprint density at radius 1 is 1.25 bits per heavy atom. The summed E-state index contributed by atoms with van der Waals surface area (Å²) in [7, 11) is 2.08. The fourth-order valence-electron chi connectivity index (χ4n) is 1.69. The number of hydrogen-bond acceptors (Lipinski definition) is 2. The molecule has 0 fully saturated rings. The third kappa shape index (κ3) is 5.17. The number of nitrogens with zero attached hydrogens (tertiary/aromatic N) is 1. The minimum absolute atomic E-state index is 0.0192. The summed E-state index contributed by atoms with van der Waals surface area (Å²) in [4.78, 5) is 14.3. The fourth-order valence-corrected chi connectivity index (χ4v) is 1.69. The zero-order valence-corrected chi connectivity index (χ0v) is 13.2. The van der Waals surface area contributed by atoms with Gasteiger partial charge in [-0.05, 0) is 46.9 Å². The molecule has 3 nitrogen and oxygen atoms in total. The highest BCUT2D eigenvalue weighted by atomic mass is 16.1. The smallest absolute Gasteiger partial charge is 0.251 e. The van der Waals surface area contributed by atoms with Crippen molar-refractivity contribution in [3.63, 3.8) is 0 Å². The van der Waals surface area contributed by atoms with Gasteiger partial charge in [0.25, 0.3) is 5.91 Å². The van der Waals surface area contributed by atoms with E-state index in [9.17, 15) is 4.79 Å². The molecule has 1 amide bonds. The number of likely N-dealkylation sites (N-methyl/N-ethyl adjacent to an activating group) is 1. The lowest BCUT2D eigenvalue weighted by Crippen LogP contribution is -2.50. The van der Waals surface area contributed by atoms with Crippen molar-refractivity contribution in [1.82, 2.24) is 10.2 Å². The lowest BCUT2D eigenvalue weighted by molar-refractivity contribution is 0.0912. The molecular formula is C17H26N2O. The summed E-state index contributed by atoms with van der Waals surface area (Å²) in [6.07, 6.45) is 2.20. The highest BCUT2D eigenvalue weighted by molar-refractivity contribution is 5.94. The minimum Gasteiger partial charge on any atom is -0.350 e. The summed E-state index contributed by atoms with van der Waals surface area (Å²) in [5, 5.41) is 3.01. The molecule has 0 aliphatic carbocycles. The van der Waals surface area contributed by atoms with Crippen molar-refractivity contribution in [1.29, 1.82) is 0 Å². The van der Waals surface area contributed by atoms with E-state index in [-0.39, 0.29) is 11.4 Å². The first-order valence-electron chi connectivity index (χ1n) is 7.01. The molecule has 1 N–H and O–H groups in total. The van der Waals surface area contributed by atoms with E-state index >= 15 is 0 Å². The molecule has 0 heterocycles. The van der Waals surface area contributed by atoms with Crippen LogP contribution in [0.5, 0.6) is 0 Å². The van der Waals surface area contributed by atoms with Crippen LogP contribution in [0.4, 0.5) is 0 Å². The predicted octanol–water partition coefficient (Wildman–Crippen LogP) is 3.09. The number of benzene rings is 1. The Morgan fingerprint density at radius 3 is 2.40 bits per heavy atom. The van der Waals surface area contributed by atoms with E-state index in [4.69, 9.17) is 0 Å². The maximum atomic E-state index is 12.0. The average molecular weight is 274 g/mol. The Morgan fingerprint density at radius 2 is 1.85 bits per heavy atom. The van der Waals surface area contributed by atoms with Gasteiger partial charge in [-0.1, -0.05) is 29.8 Å².